The maximum atomic E-state index is 4.58. The number of anilines is 1. The molecule has 0 aliphatic rings. The molecule has 6 heteroatoms. The highest BCUT2D eigenvalue weighted by atomic mass is 32.1. The van der Waals surface area contributed by atoms with Gasteiger partial charge in [0.05, 0.1) is 22.1 Å². The first-order valence-electron chi connectivity index (χ1n) is 5.76. The van der Waals surface area contributed by atoms with Crippen LogP contribution in [-0.2, 0) is 7.05 Å². The van der Waals surface area contributed by atoms with Gasteiger partial charge in [0.1, 0.15) is 0 Å². The summed E-state index contributed by atoms with van der Waals surface area (Å²) in [6.07, 6.45) is 3.80. The van der Waals surface area contributed by atoms with Crippen molar-refractivity contribution in [3.8, 4) is 11.3 Å². The van der Waals surface area contributed by atoms with E-state index in [2.05, 4.69) is 20.4 Å². The minimum atomic E-state index is 0.669. The molecular weight excluding hydrogens is 246 g/mol. The Morgan fingerprint density at radius 2 is 2.28 bits per heavy atom. The van der Waals surface area contributed by atoms with Crippen LogP contribution in [0.1, 0.15) is 6.92 Å². The Morgan fingerprint density at radius 3 is 3.00 bits per heavy atom. The van der Waals surface area contributed by atoms with E-state index in [0.29, 0.717) is 5.95 Å². The standard InChI is InChI=1S/C12H13N5S/c1-3-13-12-15-9-4-5-18-11(9)10(16-12)8-6-14-17(2)7-8/h4-7H,3H2,1-2H3,(H,13,15,16). The van der Waals surface area contributed by atoms with Gasteiger partial charge in [-0.2, -0.15) is 5.10 Å². The zero-order valence-electron chi connectivity index (χ0n) is 10.2. The Morgan fingerprint density at radius 1 is 1.39 bits per heavy atom. The molecule has 0 amide bonds. The molecule has 0 bridgehead atoms. The Bertz CT molecular complexity index is 685. The number of rotatable bonds is 3. The number of hydrogen-bond acceptors (Lipinski definition) is 5. The van der Waals surface area contributed by atoms with Crippen molar-refractivity contribution in [3.05, 3.63) is 23.8 Å². The SMILES string of the molecule is CCNc1nc(-c2cnn(C)c2)c2sccc2n1. The monoisotopic (exact) mass is 259 g/mol. The van der Waals surface area contributed by atoms with Crippen LogP contribution in [0.4, 0.5) is 5.95 Å². The highest BCUT2D eigenvalue weighted by Gasteiger charge is 2.11. The van der Waals surface area contributed by atoms with E-state index >= 15 is 0 Å². The molecular formula is C12H13N5S. The summed E-state index contributed by atoms with van der Waals surface area (Å²) in [7, 11) is 1.90. The average Bonchev–Trinajstić information content (AvgIpc) is 2.97. The summed E-state index contributed by atoms with van der Waals surface area (Å²) in [5, 5.41) is 9.40. The second kappa shape index (κ2) is 4.38. The van der Waals surface area contributed by atoms with Crippen molar-refractivity contribution in [1.29, 1.82) is 0 Å². The fourth-order valence-electron chi connectivity index (χ4n) is 1.84. The van der Waals surface area contributed by atoms with Crippen molar-refractivity contribution < 1.29 is 0 Å². The molecule has 3 heterocycles. The molecule has 1 N–H and O–H groups in total. The zero-order chi connectivity index (χ0) is 12.5. The van der Waals surface area contributed by atoms with E-state index in [-0.39, 0.29) is 0 Å². The minimum Gasteiger partial charge on any atom is -0.354 e. The topological polar surface area (TPSA) is 55.6 Å². The Balaban J connectivity index is 2.22. The number of nitrogens with one attached hydrogen (secondary N) is 1. The summed E-state index contributed by atoms with van der Waals surface area (Å²) in [5.41, 5.74) is 2.94. The van der Waals surface area contributed by atoms with E-state index in [0.717, 1.165) is 28.0 Å². The number of thiophene rings is 1. The van der Waals surface area contributed by atoms with Gasteiger partial charge in [-0.15, -0.1) is 11.3 Å². The molecule has 0 saturated carbocycles. The number of hydrogen-bond donors (Lipinski definition) is 1. The van der Waals surface area contributed by atoms with Crippen LogP contribution >= 0.6 is 11.3 Å². The summed E-state index contributed by atoms with van der Waals surface area (Å²) in [6, 6.07) is 2.02. The van der Waals surface area contributed by atoms with Crippen LogP contribution < -0.4 is 5.32 Å². The second-order valence-corrected chi connectivity index (χ2v) is 4.88. The van der Waals surface area contributed by atoms with E-state index in [1.54, 1.807) is 16.0 Å². The van der Waals surface area contributed by atoms with Crippen LogP contribution in [0.3, 0.4) is 0 Å². The van der Waals surface area contributed by atoms with Gasteiger partial charge < -0.3 is 5.32 Å². The van der Waals surface area contributed by atoms with Crippen molar-refractivity contribution in [1.82, 2.24) is 19.7 Å². The molecule has 0 atom stereocenters. The molecule has 0 unspecified atom stereocenters. The number of nitrogens with zero attached hydrogens (tertiary/aromatic N) is 4. The first-order valence-corrected chi connectivity index (χ1v) is 6.64. The third-order valence-corrected chi connectivity index (χ3v) is 3.53. The summed E-state index contributed by atoms with van der Waals surface area (Å²) >= 11 is 1.66. The van der Waals surface area contributed by atoms with E-state index in [4.69, 9.17) is 0 Å². The van der Waals surface area contributed by atoms with Crippen LogP contribution in [0.15, 0.2) is 23.8 Å². The molecule has 3 aromatic heterocycles. The lowest BCUT2D eigenvalue weighted by atomic mass is 10.2. The molecule has 5 nitrogen and oxygen atoms in total. The highest BCUT2D eigenvalue weighted by molar-refractivity contribution is 7.17. The maximum Gasteiger partial charge on any atom is 0.223 e. The normalized spacial score (nSPS) is 11.0. The summed E-state index contributed by atoms with van der Waals surface area (Å²) < 4.78 is 2.88. The van der Waals surface area contributed by atoms with Crippen molar-refractivity contribution in [2.45, 2.75) is 6.92 Å². The molecule has 0 aliphatic heterocycles. The zero-order valence-corrected chi connectivity index (χ0v) is 11.0. The van der Waals surface area contributed by atoms with E-state index < -0.39 is 0 Å². The van der Waals surface area contributed by atoms with Gasteiger partial charge in [-0.05, 0) is 18.4 Å². The molecule has 0 aliphatic carbocycles. The lowest BCUT2D eigenvalue weighted by molar-refractivity contribution is 0.768. The van der Waals surface area contributed by atoms with Crippen LogP contribution in [0.25, 0.3) is 21.5 Å². The van der Waals surface area contributed by atoms with Crippen molar-refractivity contribution in [2.24, 2.45) is 7.05 Å². The minimum absolute atomic E-state index is 0.669. The molecule has 3 aromatic rings. The van der Waals surface area contributed by atoms with Crippen molar-refractivity contribution >= 4 is 27.5 Å². The van der Waals surface area contributed by atoms with Gasteiger partial charge in [0, 0.05) is 25.4 Å². The number of aryl methyl sites for hydroxylation is 1. The largest absolute Gasteiger partial charge is 0.354 e. The van der Waals surface area contributed by atoms with Gasteiger partial charge >= 0.3 is 0 Å². The van der Waals surface area contributed by atoms with Gasteiger partial charge in [0.15, 0.2) is 0 Å². The van der Waals surface area contributed by atoms with Crippen LogP contribution in [0.5, 0.6) is 0 Å². The first-order chi connectivity index (χ1) is 8.78. The number of aromatic nitrogens is 4. The fourth-order valence-corrected chi connectivity index (χ4v) is 2.68. The smallest absolute Gasteiger partial charge is 0.223 e. The van der Waals surface area contributed by atoms with Crippen molar-refractivity contribution in [2.75, 3.05) is 11.9 Å². The quantitative estimate of drug-likeness (QED) is 0.785. The molecule has 18 heavy (non-hydrogen) atoms. The predicted octanol–water partition coefficient (Wildman–Crippen LogP) is 2.52. The fraction of sp³-hybridized carbons (Fsp3) is 0.250. The molecule has 0 radical (unpaired) electrons. The first kappa shape index (κ1) is 11.2. The Hall–Kier alpha value is -1.95. The van der Waals surface area contributed by atoms with Crippen LogP contribution in [0, 0.1) is 0 Å². The van der Waals surface area contributed by atoms with Crippen molar-refractivity contribution in [3.63, 3.8) is 0 Å². The van der Waals surface area contributed by atoms with Gasteiger partial charge in [0.25, 0.3) is 0 Å². The number of fused-ring (bicyclic) bond motifs is 1. The average molecular weight is 259 g/mol. The molecule has 92 valence electrons. The second-order valence-electron chi connectivity index (χ2n) is 3.96. The Kier molecular flexibility index (Phi) is 2.71. The predicted molar refractivity (Wildman–Crippen MR) is 73.8 cm³/mol. The van der Waals surface area contributed by atoms with Crippen LogP contribution in [0.2, 0.25) is 0 Å². The summed E-state index contributed by atoms with van der Waals surface area (Å²) in [4.78, 5) is 9.06. The lowest BCUT2D eigenvalue weighted by Gasteiger charge is -2.04. The molecule has 3 rings (SSSR count). The highest BCUT2D eigenvalue weighted by Crippen LogP contribution is 2.30. The summed E-state index contributed by atoms with van der Waals surface area (Å²) in [6.45, 7) is 2.84. The molecule has 0 aromatic carbocycles. The lowest BCUT2D eigenvalue weighted by Crippen LogP contribution is -2.02. The van der Waals surface area contributed by atoms with Gasteiger partial charge in [-0.25, -0.2) is 9.97 Å². The molecule has 0 spiro atoms. The van der Waals surface area contributed by atoms with E-state index in [1.807, 2.05) is 37.8 Å². The summed E-state index contributed by atoms with van der Waals surface area (Å²) in [5.74, 6) is 0.669. The van der Waals surface area contributed by atoms with Gasteiger partial charge in [0.2, 0.25) is 5.95 Å². The van der Waals surface area contributed by atoms with E-state index in [9.17, 15) is 0 Å². The molecule has 0 saturated heterocycles. The molecule has 0 fully saturated rings. The Labute approximate surface area is 109 Å². The third-order valence-electron chi connectivity index (χ3n) is 2.62. The maximum absolute atomic E-state index is 4.58. The third kappa shape index (κ3) is 1.84. The van der Waals surface area contributed by atoms with E-state index in [1.165, 1.54) is 0 Å². The van der Waals surface area contributed by atoms with Gasteiger partial charge in [-0.3, -0.25) is 4.68 Å². The van der Waals surface area contributed by atoms with Crippen LogP contribution in [-0.4, -0.2) is 26.3 Å². The van der Waals surface area contributed by atoms with Gasteiger partial charge in [-0.1, -0.05) is 0 Å².